The lowest BCUT2D eigenvalue weighted by molar-refractivity contribution is 0.141. The molecule has 0 radical (unpaired) electrons. The molecule has 0 spiro atoms. The van der Waals surface area contributed by atoms with E-state index in [1.165, 1.54) is 24.3 Å². The van der Waals surface area contributed by atoms with E-state index in [9.17, 15) is 25.3 Å². The smallest absolute Gasteiger partial charge is 0.240 e. The van der Waals surface area contributed by atoms with Crippen LogP contribution in [-0.2, 0) is 47.8 Å². The first-order valence-electron chi connectivity index (χ1n) is 12.6. The maximum absolute atomic E-state index is 13.1. The molecule has 0 saturated carbocycles. The summed E-state index contributed by atoms with van der Waals surface area (Å²) in [6.45, 7) is 1.02. The van der Waals surface area contributed by atoms with Gasteiger partial charge in [-0.3, -0.25) is 0 Å². The monoisotopic (exact) mass is 676 g/mol. The van der Waals surface area contributed by atoms with E-state index >= 15 is 0 Å². The molecule has 11 nitrogen and oxygen atoms in total. The third-order valence-electron chi connectivity index (χ3n) is 6.80. The molecule has 0 fully saturated rings. The van der Waals surface area contributed by atoms with Gasteiger partial charge in [0.1, 0.15) is 0 Å². The van der Waals surface area contributed by atoms with Gasteiger partial charge in [0.2, 0.25) is 30.1 Å². The molecule has 42 heavy (non-hydrogen) atoms. The van der Waals surface area contributed by atoms with Crippen molar-refractivity contribution in [1.82, 2.24) is 9.62 Å². The molecule has 1 aliphatic rings. The number of likely N-dealkylation sites (N-methyl/N-ethyl adjacent to an activating group) is 1. The number of nitrogens with one attached hydrogen (secondary N) is 1. The summed E-state index contributed by atoms with van der Waals surface area (Å²) in [6, 6.07) is 13.8. The Hall–Kier alpha value is -2.11. The molecular formula is C26H30Cl2N4O7S3. The topological polar surface area (TPSA) is 179 Å². The Labute approximate surface area is 255 Å². The van der Waals surface area contributed by atoms with Crippen molar-refractivity contribution >= 4 is 53.3 Å². The average molecular weight is 678 g/mol. The van der Waals surface area contributed by atoms with Gasteiger partial charge in [0, 0.05) is 35.6 Å². The van der Waals surface area contributed by atoms with E-state index < -0.39 is 30.1 Å². The molecule has 0 bridgehead atoms. The molecule has 1 unspecified atom stereocenters. The van der Waals surface area contributed by atoms with Gasteiger partial charge < -0.3 is 9.64 Å². The summed E-state index contributed by atoms with van der Waals surface area (Å²) in [5, 5.41) is 11.5. The van der Waals surface area contributed by atoms with Gasteiger partial charge in [0.05, 0.1) is 27.9 Å². The summed E-state index contributed by atoms with van der Waals surface area (Å²) >= 11 is 12.7. The molecule has 228 valence electrons. The minimum atomic E-state index is -4.23. The first kappa shape index (κ1) is 32.8. The molecule has 0 aromatic heterocycles. The fraction of sp³-hybridized carbons (Fsp3) is 0.308. The van der Waals surface area contributed by atoms with E-state index in [0.717, 1.165) is 16.7 Å². The third-order valence-corrected chi connectivity index (χ3v) is 10.8. The van der Waals surface area contributed by atoms with Gasteiger partial charge >= 0.3 is 0 Å². The van der Waals surface area contributed by atoms with Crippen molar-refractivity contribution in [2.75, 3.05) is 33.4 Å². The number of rotatable bonds is 11. The van der Waals surface area contributed by atoms with Crippen LogP contribution in [0.4, 0.5) is 0 Å². The van der Waals surface area contributed by atoms with Crippen LogP contribution in [0.1, 0.15) is 28.2 Å². The number of primary sulfonamides is 2. The van der Waals surface area contributed by atoms with Gasteiger partial charge in [-0.25, -0.2) is 40.3 Å². The minimum Gasteiger partial charge on any atom is -0.380 e. The average Bonchev–Trinajstić information content (AvgIpc) is 2.89. The standard InChI is InChI=1S/C26H30Cl2N4O7S3/c1-32-15-22(21-13-18(27)14-24(28)23(21)16-32)17-4-2-5-19(12-17)42(37,38)31-9-11-39-10-8-20-25(40(29,33)34)6-3-7-26(20)41(30,35)36/h2-7,12-14,22,31H,8-11,15-16H2,1H3,(H2,29,33,34)(H2,30,35,36). The fourth-order valence-corrected chi connectivity index (χ4v) is 8.31. The van der Waals surface area contributed by atoms with Crippen LogP contribution in [0.5, 0.6) is 0 Å². The van der Waals surface area contributed by atoms with Gasteiger partial charge in [0.15, 0.2) is 0 Å². The van der Waals surface area contributed by atoms with Gasteiger partial charge in [-0.1, -0.05) is 41.4 Å². The lowest BCUT2D eigenvalue weighted by Crippen LogP contribution is -2.31. The highest BCUT2D eigenvalue weighted by Crippen LogP contribution is 2.38. The Morgan fingerprint density at radius 3 is 2.21 bits per heavy atom. The van der Waals surface area contributed by atoms with Crippen LogP contribution in [0.15, 0.2) is 69.3 Å². The molecule has 1 aliphatic heterocycles. The number of hydrogen-bond acceptors (Lipinski definition) is 8. The Bertz CT molecular complexity index is 1770. The van der Waals surface area contributed by atoms with E-state index in [0.29, 0.717) is 23.1 Å². The Balaban J connectivity index is 1.41. The second-order valence-electron chi connectivity index (χ2n) is 9.86. The van der Waals surface area contributed by atoms with Crippen LogP contribution in [0.3, 0.4) is 0 Å². The van der Waals surface area contributed by atoms with Crippen molar-refractivity contribution in [2.24, 2.45) is 10.3 Å². The van der Waals surface area contributed by atoms with Crippen molar-refractivity contribution in [3.63, 3.8) is 0 Å². The van der Waals surface area contributed by atoms with E-state index in [1.807, 2.05) is 19.2 Å². The zero-order valence-electron chi connectivity index (χ0n) is 22.5. The van der Waals surface area contributed by atoms with Crippen molar-refractivity contribution in [3.05, 3.63) is 86.9 Å². The second kappa shape index (κ2) is 12.9. The number of ether oxygens (including phenoxy) is 1. The largest absolute Gasteiger partial charge is 0.380 e. The zero-order valence-corrected chi connectivity index (χ0v) is 26.4. The first-order chi connectivity index (χ1) is 19.6. The highest BCUT2D eigenvalue weighted by molar-refractivity contribution is 7.90. The molecule has 0 aliphatic carbocycles. The molecule has 3 aromatic carbocycles. The number of fused-ring (bicyclic) bond motifs is 1. The molecule has 1 atom stereocenters. The van der Waals surface area contributed by atoms with E-state index in [4.69, 9.17) is 38.2 Å². The number of hydrogen-bond donors (Lipinski definition) is 3. The number of nitrogens with zero attached hydrogens (tertiary/aromatic N) is 1. The van der Waals surface area contributed by atoms with Crippen LogP contribution in [0.25, 0.3) is 0 Å². The lowest BCUT2D eigenvalue weighted by atomic mass is 9.85. The van der Waals surface area contributed by atoms with Crippen LogP contribution < -0.4 is 15.0 Å². The quantitative estimate of drug-likeness (QED) is 0.259. The summed E-state index contributed by atoms with van der Waals surface area (Å²) in [6.07, 6.45) is -0.140. The fourth-order valence-electron chi connectivity index (χ4n) is 4.96. The minimum absolute atomic E-state index is 0.0705. The summed E-state index contributed by atoms with van der Waals surface area (Å²) in [5.74, 6) is -0.143. The SMILES string of the molecule is CN1Cc2c(Cl)cc(Cl)cc2C(c2cccc(S(=O)(=O)NCCOCCc3c(S(N)(=O)=O)cccc3S(N)(=O)=O)c2)C1. The van der Waals surface area contributed by atoms with Crippen LogP contribution in [-0.4, -0.2) is 63.5 Å². The number of nitrogens with two attached hydrogens (primary N) is 2. The Morgan fingerprint density at radius 2 is 1.57 bits per heavy atom. The van der Waals surface area contributed by atoms with Gasteiger partial charge in [-0.15, -0.1) is 0 Å². The first-order valence-corrected chi connectivity index (χ1v) is 17.9. The lowest BCUT2D eigenvalue weighted by Gasteiger charge is -2.33. The van der Waals surface area contributed by atoms with E-state index in [-0.39, 0.29) is 52.3 Å². The molecule has 0 saturated heterocycles. The second-order valence-corrected chi connectivity index (χ2v) is 15.5. The van der Waals surface area contributed by atoms with Gasteiger partial charge in [-0.05, 0) is 72.1 Å². The van der Waals surface area contributed by atoms with Crippen LogP contribution in [0.2, 0.25) is 10.0 Å². The maximum Gasteiger partial charge on any atom is 0.240 e. The van der Waals surface area contributed by atoms with E-state index in [2.05, 4.69) is 9.62 Å². The predicted molar refractivity (Wildman–Crippen MR) is 160 cm³/mol. The molecule has 1 heterocycles. The predicted octanol–water partition coefficient (Wildman–Crippen LogP) is 2.40. The molecule has 5 N–H and O–H groups in total. The highest BCUT2D eigenvalue weighted by atomic mass is 35.5. The molecule has 16 heteroatoms. The number of halogens is 2. The third kappa shape index (κ3) is 7.69. The van der Waals surface area contributed by atoms with Gasteiger partial charge in [-0.2, -0.15) is 0 Å². The summed E-state index contributed by atoms with van der Waals surface area (Å²) in [7, 11) is -10.4. The number of sulfonamides is 3. The molecule has 4 rings (SSSR count). The Kier molecular flexibility index (Phi) is 10.0. The summed E-state index contributed by atoms with van der Waals surface area (Å²) < 4.78 is 81.9. The normalized spacial score (nSPS) is 16.4. The summed E-state index contributed by atoms with van der Waals surface area (Å²) in [5.41, 5.74) is 2.60. The van der Waals surface area contributed by atoms with Crippen molar-refractivity contribution in [1.29, 1.82) is 0 Å². The summed E-state index contributed by atoms with van der Waals surface area (Å²) in [4.78, 5) is 1.42. The Morgan fingerprint density at radius 1 is 0.929 bits per heavy atom. The molecule has 3 aromatic rings. The molecule has 0 amide bonds. The van der Waals surface area contributed by atoms with Crippen molar-refractivity contribution < 1.29 is 30.0 Å². The van der Waals surface area contributed by atoms with Gasteiger partial charge in [0.25, 0.3) is 0 Å². The van der Waals surface area contributed by atoms with Crippen molar-refractivity contribution in [3.8, 4) is 0 Å². The van der Waals surface area contributed by atoms with E-state index in [1.54, 1.807) is 18.2 Å². The molecular weight excluding hydrogens is 647 g/mol. The zero-order chi connectivity index (χ0) is 30.9. The van der Waals surface area contributed by atoms with Crippen LogP contribution in [0, 0.1) is 0 Å². The maximum atomic E-state index is 13.1. The van der Waals surface area contributed by atoms with Crippen molar-refractivity contribution in [2.45, 2.75) is 33.6 Å². The number of benzene rings is 3. The highest BCUT2D eigenvalue weighted by Gasteiger charge is 2.28. The van der Waals surface area contributed by atoms with Crippen LogP contribution >= 0.6 is 23.2 Å².